The van der Waals surface area contributed by atoms with Crippen LogP contribution in [0, 0.1) is 5.41 Å². The van der Waals surface area contributed by atoms with E-state index in [-0.39, 0.29) is 19.1 Å². The lowest BCUT2D eigenvalue weighted by atomic mass is 9.82. The van der Waals surface area contributed by atoms with Crippen molar-refractivity contribution < 1.29 is 29.0 Å². The molecular weight excluding hydrogens is 448 g/mol. The second-order valence-electron chi connectivity index (χ2n) is 9.17. The first kappa shape index (κ1) is 24.7. The summed E-state index contributed by atoms with van der Waals surface area (Å²) in [4.78, 5) is 37.1. The molecule has 3 N–H and O–H groups in total. The van der Waals surface area contributed by atoms with Crippen LogP contribution in [0.15, 0.2) is 48.5 Å². The Balaban J connectivity index is 1.34. The van der Waals surface area contributed by atoms with Crippen molar-refractivity contribution in [3.63, 3.8) is 0 Å². The normalized spacial score (nSPS) is 19.0. The van der Waals surface area contributed by atoms with Gasteiger partial charge < -0.3 is 25.2 Å². The van der Waals surface area contributed by atoms with E-state index in [4.69, 9.17) is 9.47 Å². The Morgan fingerprint density at radius 2 is 1.63 bits per heavy atom. The van der Waals surface area contributed by atoms with Gasteiger partial charge in [0.1, 0.15) is 6.61 Å². The molecule has 4 rings (SSSR count). The summed E-state index contributed by atoms with van der Waals surface area (Å²) in [5, 5.41) is 15.1. The second-order valence-corrected chi connectivity index (χ2v) is 9.17. The van der Waals surface area contributed by atoms with Crippen LogP contribution in [0.5, 0.6) is 0 Å². The quantitative estimate of drug-likeness (QED) is 0.504. The lowest BCUT2D eigenvalue weighted by Gasteiger charge is -2.28. The predicted molar refractivity (Wildman–Crippen MR) is 130 cm³/mol. The van der Waals surface area contributed by atoms with Crippen LogP contribution in [0.2, 0.25) is 0 Å². The molecular formula is C27H32N2O6. The van der Waals surface area contributed by atoms with E-state index in [1.807, 2.05) is 24.3 Å². The van der Waals surface area contributed by atoms with Crippen molar-refractivity contribution in [3.8, 4) is 11.1 Å². The summed E-state index contributed by atoms with van der Waals surface area (Å²) in [6.45, 7) is 4.08. The highest BCUT2D eigenvalue weighted by Crippen LogP contribution is 2.44. The number of hydrogen-bond donors (Lipinski definition) is 3. The fraction of sp³-hybridized carbons (Fsp3) is 0.444. The standard InChI is InChI=1S/C27H32N2O6/c1-3-27(4-2,25(31)32)16-28-24(30)23-22(13-14-34-23)29-26(33)35-15-21-19-11-7-5-9-17(19)18-10-6-8-12-20(18)21/h5-12,21-23H,3-4,13-16H2,1-2H3,(H,28,30)(H,29,33)(H,31,32). The fourth-order valence-electron chi connectivity index (χ4n) is 5.02. The van der Waals surface area contributed by atoms with Crippen LogP contribution in [0.3, 0.4) is 0 Å². The van der Waals surface area contributed by atoms with Crippen LogP contribution < -0.4 is 10.6 Å². The predicted octanol–water partition coefficient (Wildman–Crippen LogP) is 3.69. The second kappa shape index (κ2) is 10.5. The van der Waals surface area contributed by atoms with Crippen LogP contribution in [0.4, 0.5) is 4.79 Å². The van der Waals surface area contributed by atoms with E-state index < -0.39 is 35.5 Å². The van der Waals surface area contributed by atoms with Gasteiger partial charge in [-0.2, -0.15) is 0 Å². The number of rotatable bonds is 9. The molecule has 0 spiro atoms. The third-order valence-corrected chi connectivity index (χ3v) is 7.41. The number of aliphatic carboxylic acids is 1. The summed E-state index contributed by atoms with van der Waals surface area (Å²) in [5.74, 6) is -1.43. The van der Waals surface area contributed by atoms with Gasteiger partial charge in [-0.1, -0.05) is 62.4 Å². The van der Waals surface area contributed by atoms with Crippen LogP contribution in [-0.2, 0) is 19.1 Å². The zero-order valence-electron chi connectivity index (χ0n) is 20.1. The van der Waals surface area contributed by atoms with Crippen molar-refractivity contribution in [2.75, 3.05) is 19.8 Å². The molecule has 2 aliphatic rings. The van der Waals surface area contributed by atoms with Crippen molar-refractivity contribution in [3.05, 3.63) is 59.7 Å². The van der Waals surface area contributed by atoms with Crippen molar-refractivity contribution in [1.29, 1.82) is 0 Å². The monoisotopic (exact) mass is 480 g/mol. The van der Waals surface area contributed by atoms with Gasteiger partial charge in [0.2, 0.25) is 0 Å². The van der Waals surface area contributed by atoms with E-state index in [1.54, 1.807) is 13.8 Å². The molecule has 2 aromatic rings. The van der Waals surface area contributed by atoms with E-state index in [9.17, 15) is 19.5 Å². The number of amides is 2. The minimum absolute atomic E-state index is 0.00565. The number of fused-ring (bicyclic) bond motifs is 3. The summed E-state index contributed by atoms with van der Waals surface area (Å²) >= 11 is 0. The van der Waals surface area contributed by atoms with Crippen molar-refractivity contribution in [2.45, 2.75) is 51.2 Å². The van der Waals surface area contributed by atoms with Crippen molar-refractivity contribution in [2.24, 2.45) is 5.41 Å². The molecule has 1 heterocycles. The van der Waals surface area contributed by atoms with Gasteiger partial charge in [0, 0.05) is 19.1 Å². The number of carboxylic acid groups (broad SMARTS) is 1. The summed E-state index contributed by atoms with van der Waals surface area (Å²) in [6.07, 6.45) is -0.246. The molecule has 2 atom stereocenters. The number of hydrogen-bond acceptors (Lipinski definition) is 5. The lowest BCUT2D eigenvalue weighted by molar-refractivity contribution is -0.149. The molecule has 0 saturated carbocycles. The van der Waals surface area contributed by atoms with Gasteiger partial charge in [0.25, 0.3) is 5.91 Å². The molecule has 8 nitrogen and oxygen atoms in total. The van der Waals surface area contributed by atoms with Gasteiger partial charge >= 0.3 is 12.1 Å². The van der Waals surface area contributed by atoms with E-state index in [0.717, 1.165) is 22.3 Å². The molecule has 186 valence electrons. The Hall–Kier alpha value is -3.39. The Morgan fingerprint density at radius 1 is 1.03 bits per heavy atom. The smallest absolute Gasteiger partial charge is 0.407 e. The highest BCUT2D eigenvalue weighted by molar-refractivity contribution is 5.84. The number of benzene rings is 2. The summed E-state index contributed by atoms with van der Waals surface area (Å²) in [7, 11) is 0. The van der Waals surface area contributed by atoms with Gasteiger partial charge in [-0.05, 0) is 41.5 Å². The van der Waals surface area contributed by atoms with E-state index in [1.165, 1.54) is 0 Å². The highest BCUT2D eigenvalue weighted by atomic mass is 16.6. The van der Waals surface area contributed by atoms with E-state index in [0.29, 0.717) is 25.9 Å². The van der Waals surface area contributed by atoms with Crippen molar-refractivity contribution >= 4 is 18.0 Å². The zero-order chi connectivity index (χ0) is 25.0. The van der Waals surface area contributed by atoms with Gasteiger partial charge in [0.05, 0.1) is 11.5 Å². The molecule has 2 unspecified atom stereocenters. The molecule has 1 aliphatic carbocycles. The molecule has 0 aromatic heterocycles. The number of ether oxygens (including phenoxy) is 2. The van der Waals surface area contributed by atoms with E-state index in [2.05, 4.69) is 34.9 Å². The molecule has 1 fully saturated rings. The first-order chi connectivity index (χ1) is 16.9. The van der Waals surface area contributed by atoms with Gasteiger partial charge in [-0.3, -0.25) is 9.59 Å². The number of carbonyl (C=O) groups is 3. The minimum Gasteiger partial charge on any atom is -0.481 e. The SMILES string of the molecule is CCC(CC)(CNC(=O)C1OCCC1NC(=O)OCC1c2ccccc2-c2ccccc21)C(=O)O. The molecule has 2 aromatic carbocycles. The zero-order valence-corrected chi connectivity index (χ0v) is 20.1. The minimum atomic E-state index is -1.02. The van der Waals surface area contributed by atoms with Crippen LogP contribution >= 0.6 is 0 Å². The Bertz CT molecular complexity index is 1050. The Kier molecular flexibility index (Phi) is 7.40. The summed E-state index contributed by atoms with van der Waals surface area (Å²) < 4.78 is 11.2. The number of alkyl carbamates (subject to hydrolysis) is 1. The highest BCUT2D eigenvalue weighted by Gasteiger charge is 2.39. The van der Waals surface area contributed by atoms with Gasteiger partial charge in [-0.25, -0.2) is 4.79 Å². The maximum absolute atomic E-state index is 12.8. The van der Waals surface area contributed by atoms with E-state index >= 15 is 0 Å². The number of carbonyl (C=O) groups excluding carboxylic acids is 2. The first-order valence-electron chi connectivity index (χ1n) is 12.1. The van der Waals surface area contributed by atoms with Crippen molar-refractivity contribution in [1.82, 2.24) is 10.6 Å². The fourth-order valence-corrected chi connectivity index (χ4v) is 5.02. The Labute approximate surface area is 205 Å². The first-order valence-corrected chi connectivity index (χ1v) is 12.1. The summed E-state index contributed by atoms with van der Waals surface area (Å²) in [6, 6.07) is 15.7. The van der Waals surface area contributed by atoms with Crippen LogP contribution in [0.1, 0.15) is 50.2 Å². The molecule has 2 amide bonds. The number of nitrogens with one attached hydrogen (secondary N) is 2. The maximum atomic E-state index is 12.8. The number of carboxylic acids is 1. The van der Waals surface area contributed by atoms with Crippen LogP contribution in [-0.4, -0.2) is 55.0 Å². The Morgan fingerprint density at radius 3 is 2.20 bits per heavy atom. The topological polar surface area (TPSA) is 114 Å². The lowest BCUT2D eigenvalue weighted by Crippen LogP contribution is -2.51. The van der Waals surface area contributed by atoms with Crippen LogP contribution in [0.25, 0.3) is 11.1 Å². The molecule has 0 bridgehead atoms. The van der Waals surface area contributed by atoms with Gasteiger partial charge in [0.15, 0.2) is 6.10 Å². The largest absolute Gasteiger partial charge is 0.481 e. The average molecular weight is 481 g/mol. The molecule has 1 aliphatic heterocycles. The molecule has 0 radical (unpaired) electrons. The average Bonchev–Trinajstić information content (AvgIpc) is 3.46. The third-order valence-electron chi connectivity index (χ3n) is 7.41. The van der Waals surface area contributed by atoms with Gasteiger partial charge in [-0.15, -0.1) is 0 Å². The maximum Gasteiger partial charge on any atom is 0.407 e. The molecule has 1 saturated heterocycles. The summed E-state index contributed by atoms with van der Waals surface area (Å²) in [5.41, 5.74) is 3.52. The molecule has 35 heavy (non-hydrogen) atoms. The third kappa shape index (κ3) is 4.89. The molecule has 8 heteroatoms.